The van der Waals surface area contributed by atoms with Gasteiger partial charge in [0, 0.05) is 15.1 Å². The summed E-state index contributed by atoms with van der Waals surface area (Å²) in [5.74, 6) is 0.829. The van der Waals surface area contributed by atoms with E-state index in [9.17, 15) is 5.11 Å². The maximum Gasteiger partial charge on any atom is 0.129 e. The molecule has 4 heteroatoms. The van der Waals surface area contributed by atoms with Crippen molar-refractivity contribution in [2.24, 2.45) is 0 Å². The van der Waals surface area contributed by atoms with Crippen LogP contribution < -0.4 is 4.74 Å². The van der Waals surface area contributed by atoms with Gasteiger partial charge in [-0.2, -0.15) is 0 Å². The summed E-state index contributed by atoms with van der Waals surface area (Å²) in [5.41, 5.74) is 0. The average Bonchev–Trinajstić information content (AvgIpc) is 2.96. The second-order valence-corrected chi connectivity index (χ2v) is 5.50. The predicted octanol–water partition coefficient (Wildman–Crippen LogP) is 3.48. The highest BCUT2D eigenvalue weighted by atomic mass is 32.1. The summed E-state index contributed by atoms with van der Waals surface area (Å²) in [4.78, 5) is 2.30. The Morgan fingerprint density at radius 1 is 1.44 bits per heavy atom. The van der Waals surface area contributed by atoms with Gasteiger partial charge in [0.15, 0.2) is 0 Å². The van der Waals surface area contributed by atoms with Gasteiger partial charge in [0.1, 0.15) is 5.75 Å². The van der Waals surface area contributed by atoms with Gasteiger partial charge < -0.3 is 9.84 Å². The molecule has 1 unspecified atom stereocenters. The van der Waals surface area contributed by atoms with Gasteiger partial charge in [-0.05, 0) is 30.4 Å². The average molecular weight is 254 g/mol. The predicted molar refractivity (Wildman–Crippen MR) is 68.5 cm³/mol. The minimum Gasteiger partial charge on any atom is -0.496 e. The van der Waals surface area contributed by atoms with Crippen LogP contribution in [0.25, 0.3) is 0 Å². The molecule has 16 heavy (non-hydrogen) atoms. The highest BCUT2D eigenvalue weighted by Gasteiger charge is 2.11. The fraction of sp³-hybridized carbons (Fsp3) is 0.333. The molecule has 0 amide bonds. The van der Waals surface area contributed by atoms with Gasteiger partial charge in [-0.15, -0.1) is 22.7 Å². The Morgan fingerprint density at radius 2 is 2.31 bits per heavy atom. The number of aryl methyl sites for hydroxylation is 1. The number of hydrogen-bond donors (Lipinski definition) is 1. The molecule has 1 atom stereocenters. The smallest absolute Gasteiger partial charge is 0.129 e. The lowest BCUT2D eigenvalue weighted by molar-refractivity contribution is 0.171. The van der Waals surface area contributed by atoms with Crippen molar-refractivity contribution in [2.75, 3.05) is 7.11 Å². The van der Waals surface area contributed by atoms with Crippen LogP contribution in [-0.4, -0.2) is 12.2 Å². The third kappa shape index (κ3) is 2.84. The van der Waals surface area contributed by atoms with Crippen LogP contribution in [0.5, 0.6) is 5.75 Å². The van der Waals surface area contributed by atoms with Crippen molar-refractivity contribution in [1.29, 1.82) is 0 Å². The van der Waals surface area contributed by atoms with Crippen LogP contribution in [0.3, 0.4) is 0 Å². The number of methoxy groups -OCH3 is 1. The molecule has 0 aliphatic heterocycles. The van der Waals surface area contributed by atoms with E-state index < -0.39 is 0 Å². The maximum absolute atomic E-state index is 9.99. The molecule has 0 saturated heterocycles. The van der Waals surface area contributed by atoms with Gasteiger partial charge in [0.25, 0.3) is 0 Å². The molecule has 2 heterocycles. The van der Waals surface area contributed by atoms with Crippen molar-refractivity contribution < 1.29 is 9.84 Å². The highest BCUT2D eigenvalue weighted by Crippen LogP contribution is 2.29. The SMILES string of the molecule is COc1csc(C(O)CCc2cccs2)c1. The molecule has 0 spiro atoms. The van der Waals surface area contributed by atoms with Crippen molar-refractivity contribution in [3.8, 4) is 5.75 Å². The van der Waals surface area contributed by atoms with E-state index in [0.29, 0.717) is 0 Å². The van der Waals surface area contributed by atoms with Gasteiger partial charge in [0.05, 0.1) is 13.2 Å². The molecule has 0 radical (unpaired) electrons. The van der Waals surface area contributed by atoms with Gasteiger partial charge >= 0.3 is 0 Å². The number of aliphatic hydroxyl groups is 1. The van der Waals surface area contributed by atoms with Crippen LogP contribution >= 0.6 is 22.7 Å². The molecule has 86 valence electrons. The largest absolute Gasteiger partial charge is 0.496 e. The van der Waals surface area contributed by atoms with Crippen molar-refractivity contribution in [3.05, 3.63) is 38.7 Å². The summed E-state index contributed by atoms with van der Waals surface area (Å²) in [6.45, 7) is 0. The van der Waals surface area contributed by atoms with E-state index in [1.54, 1.807) is 29.8 Å². The Labute approximate surface area is 103 Å². The van der Waals surface area contributed by atoms with E-state index in [1.165, 1.54) is 4.88 Å². The zero-order valence-corrected chi connectivity index (χ0v) is 10.7. The number of thiophene rings is 2. The van der Waals surface area contributed by atoms with E-state index >= 15 is 0 Å². The summed E-state index contributed by atoms with van der Waals surface area (Å²) in [6.07, 6.45) is 1.32. The Morgan fingerprint density at radius 3 is 2.94 bits per heavy atom. The zero-order valence-electron chi connectivity index (χ0n) is 9.05. The lowest BCUT2D eigenvalue weighted by Crippen LogP contribution is -1.96. The molecule has 0 saturated carbocycles. The molecular weight excluding hydrogens is 240 g/mol. The van der Waals surface area contributed by atoms with Gasteiger partial charge in [-0.25, -0.2) is 0 Å². The van der Waals surface area contributed by atoms with Crippen LogP contribution in [-0.2, 0) is 6.42 Å². The summed E-state index contributed by atoms with van der Waals surface area (Å²) < 4.78 is 5.10. The maximum atomic E-state index is 9.99. The van der Waals surface area contributed by atoms with Gasteiger partial charge in [-0.3, -0.25) is 0 Å². The minimum atomic E-state index is -0.379. The lowest BCUT2D eigenvalue weighted by atomic mass is 10.1. The highest BCUT2D eigenvalue weighted by molar-refractivity contribution is 7.10. The van der Waals surface area contributed by atoms with Crippen LogP contribution in [0.4, 0.5) is 0 Å². The summed E-state index contributed by atoms with van der Waals surface area (Å²) in [6, 6.07) is 6.05. The van der Waals surface area contributed by atoms with Crippen molar-refractivity contribution >= 4 is 22.7 Å². The minimum absolute atomic E-state index is 0.379. The topological polar surface area (TPSA) is 29.5 Å². The zero-order chi connectivity index (χ0) is 11.4. The Bertz CT molecular complexity index is 420. The van der Waals surface area contributed by atoms with E-state index in [4.69, 9.17) is 4.74 Å². The number of ether oxygens (including phenoxy) is 1. The van der Waals surface area contributed by atoms with Crippen LogP contribution in [0.2, 0.25) is 0 Å². The first kappa shape index (κ1) is 11.6. The second kappa shape index (κ2) is 5.48. The molecule has 0 aromatic carbocycles. The van der Waals surface area contributed by atoms with Crippen molar-refractivity contribution in [3.63, 3.8) is 0 Å². The molecule has 0 aliphatic rings. The summed E-state index contributed by atoms with van der Waals surface area (Å²) >= 11 is 3.29. The fourth-order valence-corrected chi connectivity index (χ4v) is 3.09. The molecule has 0 bridgehead atoms. The monoisotopic (exact) mass is 254 g/mol. The Balaban J connectivity index is 1.90. The molecule has 2 rings (SSSR count). The lowest BCUT2D eigenvalue weighted by Gasteiger charge is -2.06. The quantitative estimate of drug-likeness (QED) is 0.885. The van der Waals surface area contributed by atoms with Gasteiger partial charge in [0.2, 0.25) is 0 Å². The van der Waals surface area contributed by atoms with Crippen molar-refractivity contribution in [2.45, 2.75) is 18.9 Å². The molecule has 0 aliphatic carbocycles. The summed E-state index contributed by atoms with van der Waals surface area (Å²) in [7, 11) is 1.64. The summed E-state index contributed by atoms with van der Waals surface area (Å²) in [5, 5.41) is 14.0. The number of aliphatic hydroxyl groups excluding tert-OH is 1. The fourth-order valence-electron chi connectivity index (χ4n) is 1.49. The van der Waals surface area contributed by atoms with E-state index in [1.807, 2.05) is 17.5 Å². The molecule has 2 aromatic heterocycles. The van der Waals surface area contributed by atoms with Crippen molar-refractivity contribution in [1.82, 2.24) is 0 Å². The first-order chi connectivity index (χ1) is 7.79. The van der Waals surface area contributed by atoms with Crippen LogP contribution in [0.1, 0.15) is 22.3 Å². The third-order valence-electron chi connectivity index (χ3n) is 2.40. The normalized spacial score (nSPS) is 12.6. The van der Waals surface area contributed by atoms with Gasteiger partial charge in [-0.1, -0.05) is 6.07 Å². The molecule has 0 fully saturated rings. The number of hydrogen-bond acceptors (Lipinski definition) is 4. The Hall–Kier alpha value is -0.840. The molecular formula is C12H14O2S2. The first-order valence-corrected chi connectivity index (χ1v) is 6.88. The van der Waals surface area contributed by atoms with Crippen LogP contribution in [0.15, 0.2) is 29.0 Å². The molecule has 2 aromatic rings. The second-order valence-electron chi connectivity index (χ2n) is 3.52. The third-order valence-corrected chi connectivity index (χ3v) is 4.35. The van der Waals surface area contributed by atoms with Crippen LogP contribution in [0, 0.1) is 0 Å². The van der Waals surface area contributed by atoms with E-state index in [0.717, 1.165) is 23.5 Å². The van der Waals surface area contributed by atoms with E-state index in [2.05, 4.69) is 11.4 Å². The first-order valence-electron chi connectivity index (χ1n) is 5.12. The number of rotatable bonds is 5. The van der Waals surface area contributed by atoms with E-state index in [-0.39, 0.29) is 6.10 Å². The Kier molecular flexibility index (Phi) is 3.98. The molecule has 1 N–H and O–H groups in total. The standard InChI is InChI=1S/C12H14O2S2/c1-14-9-7-12(16-8-9)11(13)5-4-10-3-2-6-15-10/h2-3,6-8,11,13H,4-5H2,1H3. The molecule has 2 nitrogen and oxygen atoms in total.